The van der Waals surface area contributed by atoms with Gasteiger partial charge < -0.3 is 15.1 Å². The highest BCUT2D eigenvalue weighted by Gasteiger charge is 2.50. The summed E-state index contributed by atoms with van der Waals surface area (Å²) in [6, 6.07) is 0.517. The number of hydrogen-bond acceptors (Lipinski definition) is 5. The molecule has 1 amide bonds. The fraction of sp³-hybridized carbons (Fsp3) is 0.737. The summed E-state index contributed by atoms with van der Waals surface area (Å²) in [5.74, 6) is 0.824. The van der Waals surface area contributed by atoms with E-state index >= 15 is 0 Å². The fourth-order valence-electron chi connectivity index (χ4n) is 5.32. The second kappa shape index (κ2) is 5.94. The van der Waals surface area contributed by atoms with E-state index in [0.717, 1.165) is 38.7 Å². The van der Waals surface area contributed by atoms with Gasteiger partial charge in [-0.3, -0.25) is 4.79 Å². The lowest BCUT2D eigenvalue weighted by atomic mass is 9.65. The molecule has 0 aromatic carbocycles. The topological polar surface area (TPSA) is 61.4 Å². The van der Waals surface area contributed by atoms with Gasteiger partial charge in [0.05, 0.1) is 5.56 Å². The smallest absolute Gasteiger partial charge is 0.257 e. The number of rotatable bonds is 2. The minimum absolute atomic E-state index is 0.0429. The zero-order chi connectivity index (χ0) is 17.7. The van der Waals surface area contributed by atoms with Crippen molar-refractivity contribution >= 4 is 11.9 Å². The standard InChI is InChI=1S/C19H29N5O/c1-18(2)8-15-9-19(3,12-18)13-24(15)17-21-10-14(11-22-17)16(25)23-6-4-20-5-7-23/h10-11,15,20H,4-9,12-13H2,1-3H3. The molecule has 1 saturated carbocycles. The number of carbonyl (C=O) groups is 1. The molecule has 2 bridgehead atoms. The number of nitrogens with zero attached hydrogens (tertiary/aromatic N) is 4. The zero-order valence-corrected chi connectivity index (χ0v) is 15.6. The monoisotopic (exact) mass is 343 g/mol. The van der Waals surface area contributed by atoms with Crippen molar-refractivity contribution in [2.45, 2.75) is 46.1 Å². The third kappa shape index (κ3) is 3.24. The predicted octanol–water partition coefficient (Wildman–Crippen LogP) is 1.93. The van der Waals surface area contributed by atoms with Crippen LogP contribution in [0.2, 0.25) is 0 Å². The van der Waals surface area contributed by atoms with Crippen molar-refractivity contribution in [1.82, 2.24) is 20.2 Å². The molecule has 2 saturated heterocycles. The molecule has 2 atom stereocenters. The first-order chi connectivity index (χ1) is 11.9. The molecule has 6 nitrogen and oxygen atoms in total. The van der Waals surface area contributed by atoms with E-state index < -0.39 is 0 Å². The predicted molar refractivity (Wildman–Crippen MR) is 97.7 cm³/mol. The van der Waals surface area contributed by atoms with Crippen LogP contribution >= 0.6 is 0 Å². The first kappa shape index (κ1) is 16.8. The van der Waals surface area contributed by atoms with Crippen LogP contribution in [-0.2, 0) is 0 Å². The third-order valence-electron chi connectivity index (χ3n) is 5.96. The van der Waals surface area contributed by atoms with Crippen LogP contribution < -0.4 is 10.2 Å². The number of nitrogens with one attached hydrogen (secondary N) is 1. The minimum Gasteiger partial charge on any atom is -0.337 e. The molecule has 0 spiro atoms. The van der Waals surface area contributed by atoms with Crippen LogP contribution in [0.1, 0.15) is 50.4 Å². The number of carbonyl (C=O) groups excluding carboxylic acids is 1. The van der Waals surface area contributed by atoms with Crippen LogP contribution in [0.15, 0.2) is 12.4 Å². The molecule has 25 heavy (non-hydrogen) atoms. The van der Waals surface area contributed by atoms with E-state index in [1.807, 2.05) is 4.90 Å². The van der Waals surface area contributed by atoms with Crippen molar-refractivity contribution < 1.29 is 4.79 Å². The highest BCUT2D eigenvalue weighted by molar-refractivity contribution is 5.93. The molecule has 4 rings (SSSR count). The molecule has 2 aliphatic heterocycles. The Morgan fingerprint density at radius 2 is 1.84 bits per heavy atom. The lowest BCUT2D eigenvalue weighted by Gasteiger charge is -2.39. The summed E-state index contributed by atoms with van der Waals surface area (Å²) in [6.45, 7) is 11.4. The van der Waals surface area contributed by atoms with Crippen LogP contribution in [0.5, 0.6) is 0 Å². The Hall–Kier alpha value is -1.69. The maximum atomic E-state index is 12.6. The van der Waals surface area contributed by atoms with Gasteiger partial charge in [0.15, 0.2) is 0 Å². The molecule has 6 heteroatoms. The summed E-state index contributed by atoms with van der Waals surface area (Å²) in [5.41, 5.74) is 1.33. The summed E-state index contributed by atoms with van der Waals surface area (Å²) in [5, 5.41) is 3.27. The molecule has 2 unspecified atom stereocenters. The number of anilines is 1. The third-order valence-corrected chi connectivity index (χ3v) is 5.96. The van der Waals surface area contributed by atoms with E-state index in [4.69, 9.17) is 0 Å². The largest absolute Gasteiger partial charge is 0.337 e. The average Bonchev–Trinajstić information content (AvgIpc) is 2.84. The van der Waals surface area contributed by atoms with Gasteiger partial charge in [-0.2, -0.15) is 0 Å². The molecule has 3 fully saturated rings. The Balaban J connectivity index is 1.50. The van der Waals surface area contributed by atoms with Gasteiger partial charge in [-0.25, -0.2) is 9.97 Å². The van der Waals surface area contributed by atoms with Gasteiger partial charge in [0.2, 0.25) is 5.95 Å². The Bertz CT molecular complexity index is 652. The maximum absolute atomic E-state index is 12.6. The van der Waals surface area contributed by atoms with E-state index in [9.17, 15) is 4.79 Å². The van der Waals surface area contributed by atoms with Gasteiger partial charge in [-0.15, -0.1) is 0 Å². The summed E-state index contributed by atoms with van der Waals surface area (Å²) in [6.07, 6.45) is 7.09. The summed E-state index contributed by atoms with van der Waals surface area (Å²) in [7, 11) is 0. The van der Waals surface area contributed by atoms with E-state index in [1.54, 1.807) is 12.4 Å². The van der Waals surface area contributed by atoms with Crippen molar-refractivity contribution in [3.8, 4) is 0 Å². The Morgan fingerprint density at radius 1 is 1.16 bits per heavy atom. The molecule has 1 aliphatic carbocycles. The van der Waals surface area contributed by atoms with Crippen LogP contribution in [0.3, 0.4) is 0 Å². The van der Waals surface area contributed by atoms with E-state index in [-0.39, 0.29) is 5.91 Å². The Morgan fingerprint density at radius 3 is 2.52 bits per heavy atom. The average molecular weight is 343 g/mol. The SMILES string of the molecule is CC1(C)CC2CC(C)(CN2c2ncc(C(=O)N3CCNCC3)cn2)C1. The Kier molecular flexibility index (Phi) is 3.98. The number of fused-ring (bicyclic) bond motifs is 2. The maximum Gasteiger partial charge on any atom is 0.257 e. The van der Waals surface area contributed by atoms with Crippen molar-refractivity contribution in [3.63, 3.8) is 0 Å². The highest BCUT2D eigenvalue weighted by atomic mass is 16.2. The van der Waals surface area contributed by atoms with Crippen LogP contribution in [0.4, 0.5) is 5.95 Å². The van der Waals surface area contributed by atoms with Crippen molar-refractivity contribution in [1.29, 1.82) is 0 Å². The number of aromatic nitrogens is 2. The lowest BCUT2D eigenvalue weighted by molar-refractivity contribution is 0.0735. The molecule has 0 radical (unpaired) electrons. The molecule has 1 aromatic rings. The highest BCUT2D eigenvalue weighted by Crippen LogP contribution is 2.52. The lowest BCUT2D eigenvalue weighted by Crippen LogP contribution is -2.46. The van der Waals surface area contributed by atoms with Gasteiger partial charge in [0.1, 0.15) is 0 Å². The molecule has 136 valence electrons. The first-order valence-corrected chi connectivity index (χ1v) is 9.44. The minimum atomic E-state index is 0.0429. The normalized spacial score (nSPS) is 31.2. The zero-order valence-electron chi connectivity index (χ0n) is 15.6. The van der Waals surface area contributed by atoms with E-state index in [2.05, 4.69) is 41.0 Å². The molecular weight excluding hydrogens is 314 g/mol. The van der Waals surface area contributed by atoms with Crippen molar-refractivity contribution in [2.75, 3.05) is 37.6 Å². The molecule has 1 aromatic heterocycles. The van der Waals surface area contributed by atoms with E-state index in [0.29, 0.717) is 22.4 Å². The van der Waals surface area contributed by atoms with Gasteiger partial charge in [0, 0.05) is 51.2 Å². The van der Waals surface area contributed by atoms with Crippen molar-refractivity contribution in [2.24, 2.45) is 10.8 Å². The molecule has 3 heterocycles. The van der Waals surface area contributed by atoms with Crippen LogP contribution in [0, 0.1) is 10.8 Å². The number of hydrogen-bond donors (Lipinski definition) is 1. The van der Waals surface area contributed by atoms with Crippen LogP contribution in [-0.4, -0.2) is 59.5 Å². The summed E-state index contributed by atoms with van der Waals surface area (Å²) in [4.78, 5) is 25.9. The van der Waals surface area contributed by atoms with Gasteiger partial charge in [0.25, 0.3) is 5.91 Å². The van der Waals surface area contributed by atoms with Crippen molar-refractivity contribution in [3.05, 3.63) is 18.0 Å². The number of amides is 1. The summed E-state index contributed by atoms with van der Waals surface area (Å²) < 4.78 is 0. The van der Waals surface area contributed by atoms with Gasteiger partial charge in [-0.1, -0.05) is 20.8 Å². The Labute approximate surface area is 150 Å². The molecule has 3 aliphatic rings. The molecular formula is C19H29N5O. The van der Waals surface area contributed by atoms with Gasteiger partial charge >= 0.3 is 0 Å². The van der Waals surface area contributed by atoms with Crippen LogP contribution in [0.25, 0.3) is 0 Å². The second-order valence-electron chi connectivity index (χ2n) is 9.16. The second-order valence-corrected chi connectivity index (χ2v) is 9.16. The number of piperazine rings is 1. The first-order valence-electron chi connectivity index (χ1n) is 9.44. The quantitative estimate of drug-likeness (QED) is 0.889. The van der Waals surface area contributed by atoms with Gasteiger partial charge in [-0.05, 0) is 30.1 Å². The van der Waals surface area contributed by atoms with E-state index in [1.165, 1.54) is 19.3 Å². The summed E-state index contributed by atoms with van der Waals surface area (Å²) >= 11 is 0. The fourth-order valence-corrected chi connectivity index (χ4v) is 5.32. The molecule has 1 N–H and O–H groups in total.